The van der Waals surface area contributed by atoms with Crippen molar-refractivity contribution in [2.45, 2.75) is 6.42 Å². The van der Waals surface area contributed by atoms with Gasteiger partial charge in [-0.15, -0.1) is 0 Å². The van der Waals surface area contributed by atoms with Gasteiger partial charge in [0.05, 0.1) is 7.11 Å². The highest BCUT2D eigenvalue weighted by atomic mass is 32.1. The van der Waals surface area contributed by atoms with Gasteiger partial charge in [0.15, 0.2) is 0 Å². The molecule has 0 fully saturated rings. The molecule has 0 saturated carbocycles. The van der Waals surface area contributed by atoms with Crippen molar-refractivity contribution in [1.29, 1.82) is 0 Å². The van der Waals surface area contributed by atoms with E-state index in [1.807, 2.05) is 0 Å². The molecule has 0 aliphatic heterocycles. The van der Waals surface area contributed by atoms with E-state index in [0.29, 0.717) is 6.61 Å². The smallest absolute Gasteiger partial charge is 0.331 e. The lowest BCUT2D eigenvalue weighted by Gasteiger charge is -1.99. The molecule has 0 aliphatic carbocycles. The third kappa shape index (κ3) is 5.91. The zero-order valence-electron chi connectivity index (χ0n) is 6.00. The van der Waals surface area contributed by atoms with E-state index < -0.39 is 0 Å². The first kappa shape index (κ1) is 9.78. The lowest BCUT2D eigenvalue weighted by molar-refractivity contribution is -0.145. The summed E-state index contributed by atoms with van der Waals surface area (Å²) in [6.45, 7) is 0.614. The monoisotopic (exact) mass is 164 g/mol. The molecule has 0 amide bonds. The predicted molar refractivity (Wildman–Crippen MR) is 41.3 cm³/mol. The minimum absolute atomic E-state index is 0.0459. The van der Waals surface area contributed by atoms with Gasteiger partial charge in [0.2, 0.25) is 0 Å². The Balaban J connectivity index is 2.96. The molecule has 0 aromatic carbocycles. The van der Waals surface area contributed by atoms with Crippen LogP contribution in [0, 0.1) is 0 Å². The highest BCUT2D eigenvalue weighted by Crippen LogP contribution is 1.85. The molecule has 0 spiro atoms. The minimum atomic E-state index is -0.334. The molecule has 0 bridgehead atoms. The molecule has 0 rings (SSSR count). The number of hydrogen-bond acceptors (Lipinski definition) is 4. The van der Waals surface area contributed by atoms with Gasteiger partial charge >= 0.3 is 5.97 Å². The van der Waals surface area contributed by atoms with Crippen LogP contribution in [-0.2, 0) is 14.3 Å². The molecule has 0 aromatic rings. The van der Waals surface area contributed by atoms with Gasteiger partial charge in [-0.2, -0.15) is 12.6 Å². The van der Waals surface area contributed by atoms with E-state index >= 15 is 0 Å². The van der Waals surface area contributed by atoms with Crippen LogP contribution in [0.15, 0.2) is 0 Å². The summed E-state index contributed by atoms with van der Waals surface area (Å²) in [5.74, 6) is 0.445. The number of hydrogen-bond donors (Lipinski definition) is 1. The summed E-state index contributed by atoms with van der Waals surface area (Å²) < 4.78 is 9.25. The highest BCUT2D eigenvalue weighted by molar-refractivity contribution is 7.80. The summed E-state index contributed by atoms with van der Waals surface area (Å²) >= 11 is 3.97. The first-order valence-electron chi connectivity index (χ1n) is 3.06. The molecule has 0 aromatic heterocycles. The Kier molecular flexibility index (Phi) is 6.74. The largest absolute Gasteiger partial charge is 0.467 e. The van der Waals surface area contributed by atoms with Crippen LogP contribution in [0.5, 0.6) is 0 Å². The Morgan fingerprint density at radius 1 is 1.60 bits per heavy atom. The van der Waals surface area contributed by atoms with E-state index in [0.717, 1.165) is 12.2 Å². The molecule has 0 atom stereocenters. The summed E-state index contributed by atoms with van der Waals surface area (Å²) in [5, 5.41) is 0. The summed E-state index contributed by atoms with van der Waals surface area (Å²) in [5.41, 5.74) is 0. The van der Waals surface area contributed by atoms with Crippen LogP contribution >= 0.6 is 12.6 Å². The standard InChI is InChI=1S/C6H12O3S/c1-8-6(7)5-9-3-2-4-10/h10H,2-5H2,1H3. The Bertz CT molecular complexity index is 95.0. The van der Waals surface area contributed by atoms with Gasteiger partial charge in [0.25, 0.3) is 0 Å². The van der Waals surface area contributed by atoms with Crippen molar-refractivity contribution in [3.05, 3.63) is 0 Å². The summed E-state index contributed by atoms with van der Waals surface area (Å²) in [4.78, 5) is 10.4. The molecular weight excluding hydrogens is 152 g/mol. The number of thiol groups is 1. The van der Waals surface area contributed by atoms with E-state index in [2.05, 4.69) is 17.4 Å². The normalized spacial score (nSPS) is 9.40. The maximum absolute atomic E-state index is 10.4. The van der Waals surface area contributed by atoms with Crippen molar-refractivity contribution < 1.29 is 14.3 Å². The van der Waals surface area contributed by atoms with Gasteiger partial charge < -0.3 is 9.47 Å². The molecule has 0 N–H and O–H groups in total. The summed E-state index contributed by atoms with van der Waals surface area (Å²) in [6, 6.07) is 0. The SMILES string of the molecule is COC(=O)COCCCS. The van der Waals surface area contributed by atoms with E-state index in [9.17, 15) is 4.79 Å². The number of methoxy groups -OCH3 is 1. The van der Waals surface area contributed by atoms with Crippen LogP contribution in [0.4, 0.5) is 0 Å². The third-order valence-corrected chi connectivity index (χ3v) is 1.21. The van der Waals surface area contributed by atoms with E-state index in [1.165, 1.54) is 7.11 Å². The second-order valence-electron chi connectivity index (χ2n) is 1.71. The minimum Gasteiger partial charge on any atom is -0.467 e. The Labute approximate surface area is 66.1 Å². The average Bonchev–Trinajstić information content (AvgIpc) is 1.98. The van der Waals surface area contributed by atoms with Gasteiger partial charge in [0.1, 0.15) is 6.61 Å². The number of rotatable bonds is 5. The second kappa shape index (κ2) is 6.89. The molecular formula is C6H12O3S. The number of ether oxygens (including phenoxy) is 2. The van der Waals surface area contributed by atoms with Crippen LogP contribution in [0.25, 0.3) is 0 Å². The number of carbonyl (C=O) groups is 1. The first-order chi connectivity index (χ1) is 4.81. The topological polar surface area (TPSA) is 35.5 Å². The predicted octanol–water partition coefficient (Wildman–Crippen LogP) is 0.496. The van der Waals surface area contributed by atoms with Gasteiger partial charge in [-0.1, -0.05) is 0 Å². The molecule has 60 valence electrons. The Morgan fingerprint density at radius 3 is 2.80 bits per heavy atom. The van der Waals surface area contributed by atoms with Crippen molar-refractivity contribution in [1.82, 2.24) is 0 Å². The maximum atomic E-state index is 10.4. The fourth-order valence-corrected chi connectivity index (χ4v) is 0.510. The molecule has 10 heavy (non-hydrogen) atoms. The molecule has 0 aliphatic rings. The fourth-order valence-electron chi connectivity index (χ4n) is 0.381. The van der Waals surface area contributed by atoms with E-state index in [-0.39, 0.29) is 12.6 Å². The number of esters is 1. The van der Waals surface area contributed by atoms with Crippen LogP contribution in [0.1, 0.15) is 6.42 Å². The molecule has 3 nitrogen and oxygen atoms in total. The van der Waals surface area contributed by atoms with Crippen LogP contribution in [0.3, 0.4) is 0 Å². The molecule has 0 heterocycles. The second-order valence-corrected chi connectivity index (χ2v) is 2.15. The maximum Gasteiger partial charge on any atom is 0.331 e. The van der Waals surface area contributed by atoms with Crippen molar-refractivity contribution >= 4 is 18.6 Å². The molecule has 0 saturated heterocycles. The van der Waals surface area contributed by atoms with Gasteiger partial charge in [-0.05, 0) is 12.2 Å². The van der Waals surface area contributed by atoms with Crippen molar-refractivity contribution in [2.24, 2.45) is 0 Å². The molecule has 4 heteroatoms. The zero-order chi connectivity index (χ0) is 7.82. The highest BCUT2D eigenvalue weighted by Gasteiger charge is 1.97. The molecule has 0 unspecified atom stereocenters. The van der Waals surface area contributed by atoms with Crippen molar-refractivity contribution in [3.63, 3.8) is 0 Å². The quantitative estimate of drug-likeness (QED) is 0.365. The van der Waals surface area contributed by atoms with Crippen LogP contribution in [-0.4, -0.2) is 32.0 Å². The van der Waals surface area contributed by atoms with Crippen molar-refractivity contribution in [2.75, 3.05) is 26.1 Å². The Hall–Kier alpha value is -0.220. The van der Waals surface area contributed by atoms with Gasteiger partial charge in [-0.25, -0.2) is 4.79 Å². The Morgan fingerprint density at radius 2 is 2.30 bits per heavy atom. The average molecular weight is 164 g/mol. The third-order valence-electron chi connectivity index (χ3n) is 0.894. The van der Waals surface area contributed by atoms with Crippen LogP contribution < -0.4 is 0 Å². The van der Waals surface area contributed by atoms with Gasteiger partial charge in [-0.3, -0.25) is 0 Å². The van der Waals surface area contributed by atoms with Crippen LogP contribution in [0.2, 0.25) is 0 Å². The summed E-state index contributed by atoms with van der Waals surface area (Å²) in [7, 11) is 1.34. The lowest BCUT2D eigenvalue weighted by Crippen LogP contribution is -2.10. The van der Waals surface area contributed by atoms with Gasteiger partial charge in [0, 0.05) is 6.61 Å². The lowest BCUT2D eigenvalue weighted by atomic mass is 10.5. The van der Waals surface area contributed by atoms with E-state index in [1.54, 1.807) is 0 Å². The summed E-state index contributed by atoms with van der Waals surface area (Å²) in [6.07, 6.45) is 0.861. The fraction of sp³-hybridized carbons (Fsp3) is 0.833. The first-order valence-corrected chi connectivity index (χ1v) is 3.70. The molecule has 0 radical (unpaired) electrons. The zero-order valence-corrected chi connectivity index (χ0v) is 6.89. The van der Waals surface area contributed by atoms with E-state index in [4.69, 9.17) is 4.74 Å². The van der Waals surface area contributed by atoms with Crippen molar-refractivity contribution in [3.8, 4) is 0 Å². The number of carbonyl (C=O) groups excluding carboxylic acids is 1.